The van der Waals surface area contributed by atoms with E-state index in [0.29, 0.717) is 26.2 Å². The van der Waals surface area contributed by atoms with Crippen LogP contribution >= 0.6 is 11.6 Å². The van der Waals surface area contributed by atoms with Crippen LogP contribution in [-0.2, 0) is 14.2 Å². The molecule has 0 unspecified atom stereocenters. The first kappa shape index (κ1) is 17.4. The number of nitrogens with zero attached hydrogens (tertiary/aromatic N) is 1. The molecule has 0 heterocycles. The number of hydrogen-bond donors (Lipinski definition) is 0. The van der Waals surface area contributed by atoms with E-state index in [2.05, 4.69) is 0 Å². The molecular weight excluding hydrogens is 302 g/mol. The van der Waals surface area contributed by atoms with Gasteiger partial charge < -0.3 is 14.2 Å². The predicted molar refractivity (Wildman–Crippen MR) is 75.7 cm³/mol. The first-order valence-electron chi connectivity index (χ1n) is 6.24. The van der Waals surface area contributed by atoms with Crippen molar-refractivity contribution in [2.45, 2.75) is 6.42 Å². The summed E-state index contributed by atoms with van der Waals surface area (Å²) < 4.78 is 15.0. The molecule has 1 aromatic carbocycles. The van der Waals surface area contributed by atoms with Crippen LogP contribution in [0.25, 0.3) is 0 Å². The molecule has 0 aromatic heterocycles. The van der Waals surface area contributed by atoms with Crippen LogP contribution in [-0.4, -0.2) is 44.4 Å². The van der Waals surface area contributed by atoms with E-state index >= 15 is 0 Å². The molecule has 0 bridgehead atoms. The average Bonchev–Trinajstić information content (AvgIpc) is 2.45. The highest BCUT2D eigenvalue weighted by Gasteiger charge is 2.24. The van der Waals surface area contributed by atoms with Gasteiger partial charge in [0.25, 0.3) is 0 Å². The molecule has 8 heteroatoms. The smallest absolute Gasteiger partial charge is 0.345 e. The maximum absolute atomic E-state index is 11.8. The van der Waals surface area contributed by atoms with Crippen LogP contribution in [0, 0.1) is 10.1 Å². The van der Waals surface area contributed by atoms with Gasteiger partial charge in [0.2, 0.25) is 0 Å². The third-order valence-electron chi connectivity index (χ3n) is 2.49. The molecule has 0 radical (unpaired) electrons. The molecule has 0 N–H and O–H groups in total. The summed E-state index contributed by atoms with van der Waals surface area (Å²) in [6.07, 6.45) is 0.490. The monoisotopic (exact) mass is 317 g/mol. The largest absolute Gasteiger partial charge is 0.462 e. The first-order valence-corrected chi connectivity index (χ1v) is 6.62. The highest BCUT2D eigenvalue weighted by atomic mass is 35.5. The Hall–Kier alpha value is -1.70. The van der Waals surface area contributed by atoms with Crippen LogP contribution in [0.4, 0.5) is 5.69 Å². The molecule has 21 heavy (non-hydrogen) atoms. The summed E-state index contributed by atoms with van der Waals surface area (Å²) in [6, 6.07) is 4.11. The van der Waals surface area contributed by atoms with Crippen LogP contribution in [0.1, 0.15) is 16.8 Å². The van der Waals surface area contributed by atoms with Crippen molar-refractivity contribution in [3.05, 3.63) is 38.9 Å². The second-order valence-electron chi connectivity index (χ2n) is 3.99. The van der Waals surface area contributed by atoms with Crippen molar-refractivity contribution in [3.8, 4) is 0 Å². The number of para-hydroxylation sites is 1. The minimum atomic E-state index is -0.777. The van der Waals surface area contributed by atoms with Crippen molar-refractivity contribution in [2.24, 2.45) is 0 Å². The molecular formula is C13H16ClNO6. The Kier molecular flexibility index (Phi) is 7.66. The molecule has 0 fully saturated rings. The number of esters is 1. The normalized spacial score (nSPS) is 10.4. The molecule has 116 valence electrons. The van der Waals surface area contributed by atoms with Crippen LogP contribution < -0.4 is 0 Å². The average molecular weight is 318 g/mol. The molecule has 0 aliphatic carbocycles. The lowest BCUT2D eigenvalue weighted by atomic mass is 10.2. The zero-order chi connectivity index (χ0) is 15.7. The first-order chi connectivity index (χ1) is 10.1. The third kappa shape index (κ3) is 5.66. The van der Waals surface area contributed by atoms with Gasteiger partial charge in [-0.2, -0.15) is 0 Å². The second-order valence-corrected chi connectivity index (χ2v) is 4.39. The molecule has 0 aliphatic rings. The highest BCUT2D eigenvalue weighted by molar-refractivity contribution is 6.33. The van der Waals surface area contributed by atoms with E-state index in [9.17, 15) is 14.9 Å². The molecule has 0 spiro atoms. The SMILES string of the molecule is COCCOCCCOC(=O)c1cccc(Cl)c1[N+](=O)[O-]. The van der Waals surface area contributed by atoms with Crippen LogP contribution in [0.5, 0.6) is 0 Å². The maximum atomic E-state index is 11.8. The zero-order valence-corrected chi connectivity index (χ0v) is 12.3. The number of halogens is 1. The number of carbonyl (C=O) groups is 1. The summed E-state index contributed by atoms with van der Waals surface area (Å²) in [5.74, 6) is -0.777. The van der Waals surface area contributed by atoms with Gasteiger partial charge in [-0.05, 0) is 12.1 Å². The fourth-order valence-corrected chi connectivity index (χ4v) is 1.76. The van der Waals surface area contributed by atoms with Crippen LogP contribution in [0.3, 0.4) is 0 Å². The number of carbonyl (C=O) groups excluding carboxylic acids is 1. The Morgan fingerprint density at radius 1 is 1.29 bits per heavy atom. The summed E-state index contributed by atoms with van der Waals surface area (Å²) in [6.45, 7) is 1.47. The van der Waals surface area contributed by atoms with Gasteiger partial charge in [0, 0.05) is 20.1 Å². The van der Waals surface area contributed by atoms with Crippen LogP contribution in [0.2, 0.25) is 5.02 Å². The van der Waals surface area contributed by atoms with Crippen molar-refractivity contribution >= 4 is 23.3 Å². The van der Waals surface area contributed by atoms with Crippen LogP contribution in [0.15, 0.2) is 18.2 Å². The van der Waals surface area contributed by atoms with Crippen molar-refractivity contribution in [1.82, 2.24) is 0 Å². The van der Waals surface area contributed by atoms with Crippen molar-refractivity contribution in [2.75, 3.05) is 33.5 Å². The fourth-order valence-electron chi connectivity index (χ4n) is 1.51. The quantitative estimate of drug-likeness (QED) is 0.301. The van der Waals surface area contributed by atoms with Gasteiger partial charge in [-0.1, -0.05) is 17.7 Å². The van der Waals surface area contributed by atoms with E-state index < -0.39 is 16.6 Å². The van der Waals surface area contributed by atoms with E-state index in [4.69, 9.17) is 25.8 Å². The maximum Gasteiger partial charge on any atom is 0.345 e. The summed E-state index contributed by atoms with van der Waals surface area (Å²) in [4.78, 5) is 22.0. The molecule has 0 saturated carbocycles. The number of rotatable bonds is 9. The minimum Gasteiger partial charge on any atom is -0.462 e. The summed E-state index contributed by atoms with van der Waals surface area (Å²) in [7, 11) is 1.57. The van der Waals surface area contributed by atoms with Crippen molar-refractivity contribution in [1.29, 1.82) is 0 Å². The van der Waals surface area contributed by atoms with Gasteiger partial charge in [-0.25, -0.2) is 4.79 Å². The fraction of sp³-hybridized carbons (Fsp3) is 0.462. The Balaban J connectivity index is 2.46. The molecule has 0 amide bonds. The summed E-state index contributed by atoms with van der Waals surface area (Å²) in [5.41, 5.74) is -0.603. The van der Waals surface area contributed by atoms with E-state index in [0.717, 1.165) is 0 Å². The summed E-state index contributed by atoms with van der Waals surface area (Å²) in [5, 5.41) is 10.8. The second kappa shape index (κ2) is 9.28. The van der Waals surface area contributed by atoms with Gasteiger partial charge in [-0.15, -0.1) is 0 Å². The van der Waals surface area contributed by atoms with E-state index in [1.807, 2.05) is 0 Å². The standard InChI is InChI=1S/C13H16ClNO6/c1-19-8-9-20-6-3-7-21-13(16)10-4-2-5-11(14)12(10)15(17)18/h2,4-5H,3,6-9H2,1H3. The van der Waals surface area contributed by atoms with Crippen molar-refractivity contribution in [3.63, 3.8) is 0 Å². The molecule has 0 saturated heterocycles. The van der Waals surface area contributed by atoms with Gasteiger partial charge in [0.15, 0.2) is 0 Å². The summed E-state index contributed by atoms with van der Waals surface area (Å²) >= 11 is 5.72. The molecule has 0 atom stereocenters. The third-order valence-corrected chi connectivity index (χ3v) is 2.79. The zero-order valence-electron chi connectivity index (χ0n) is 11.5. The lowest BCUT2D eigenvalue weighted by molar-refractivity contribution is -0.385. The van der Waals surface area contributed by atoms with Gasteiger partial charge in [0.1, 0.15) is 10.6 Å². The number of hydrogen-bond acceptors (Lipinski definition) is 6. The van der Waals surface area contributed by atoms with E-state index in [1.165, 1.54) is 18.2 Å². The predicted octanol–water partition coefficient (Wildman–Crippen LogP) is 2.46. The van der Waals surface area contributed by atoms with E-state index in [-0.39, 0.29) is 17.2 Å². The molecule has 1 aromatic rings. The number of ether oxygens (including phenoxy) is 3. The van der Waals surface area contributed by atoms with Gasteiger partial charge in [0.05, 0.1) is 24.7 Å². The molecule has 0 aliphatic heterocycles. The highest BCUT2D eigenvalue weighted by Crippen LogP contribution is 2.28. The Labute approximate surface area is 126 Å². The van der Waals surface area contributed by atoms with Gasteiger partial charge >= 0.3 is 11.7 Å². The lowest BCUT2D eigenvalue weighted by Gasteiger charge is -2.06. The Bertz CT molecular complexity index is 494. The van der Waals surface area contributed by atoms with E-state index in [1.54, 1.807) is 7.11 Å². The topological polar surface area (TPSA) is 87.9 Å². The number of nitro groups is 1. The molecule has 1 rings (SSSR count). The number of methoxy groups -OCH3 is 1. The van der Waals surface area contributed by atoms with Gasteiger partial charge in [-0.3, -0.25) is 10.1 Å². The minimum absolute atomic E-state index is 0.0997. The van der Waals surface area contributed by atoms with Crippen molar-refractivity contribution < 1.29 is 23.9 Å². The molecule has 7 nitrogen and oxygen atoms in total. The number of nitro benzene ring substituents is 1. The number of benzene rings is 1. The Morgan fingerprint density at radius 3 is 2.71 bits per heavy atom. The Morgan fingerprint density at radius 2 is 2.05 bits per heavy atom. The lowest BCUT2D eigenvalue weighted by Crippen LogP contribution is -2.11.